The fourth-order valence-electron chi connectivity index (χ4n) is 2.04. The smallest absolute Gasteiger partial charge is 0.251 e. The average Bonchev–Trinajstić information content (AvgIpc) is 2.44. The van der Waals surface area contributed by atoms with Gasteiger partial charge in [-0.25, -0.2) is 0 Å². The molecule has 0 aliphatic carbocycles. The maximum Gasteiger partial charge on any atom is 0.251 e. The molecule has 0 atom stereocenters. The minimum atomic E-state index is -0.422. The Bertz CT molecular complexity index is 502. The largest absolute Gasteiger partial charge is 0.397 e. The van der Waals surface area contributed by atoms with Crippen LogP contribution >= 0.6 is 0 Å². The summed E-state index contributed by atoms with van der Waals surface area (Å²) in [5.74, 6) is -0.581. The molecule has 0 fully saturated rings. The molecule has 116 valence electrons. The summed E-state index contributed by atoms with van der Waals surface area (Å²) < 4.78 is 0. The second-order valence-corrected chi connectivity index (χ2v) is 4.87. The molecule has 0 spiro atoms. The van der Waals surface area contributed by atoms with Crippen molar-refractivity contribution in [3.63, 3.8) is 0 Å². The second-order valence-electron chi connectivity index (χ2n) is 4.87. The number of nitrogen functional groups attached to an aromatic ring is 1. The van der Waals surface area contributed by atoms with Crippen LogP contribution in [0, 0.1) is 0 Å². The molecule has 0 heterocycles. The highest BCUT2D eigenvalue weighted by Crippen LogP contribution is 2.25. The van der Waals surface area contributed by atoms with Crippen LogP contribution < -0.4 is 21.7 Å². The molecular formula is C15H24N4O2. The van der Waals surface area contributed by atoms with Gasteiger partial charge in [-0.3, -0.25) is 9.59 Å². The molecule has 6 nitrogen and oxygen atoms in total. The van der Waals surface area contributed by atoms with E-state index in [2.05, 4.69) is 12.2 Å². The van der Waals surface area contributed by atoms with Crippen LogP contribution in [0.5, 0.6) is 0 Å². The van der Waals surface area contributed by atoms with Crippen LogP contribution in [0.1, 0.15) is 37.0 Å². The number of carbonyl (C=O) groups excluding carboxylic acids is 2. The van der Waals surface area contributed by atoms with Gasteiger partial charge < -0.3 is 21.7 Å². The van der Waals surface area contributed by atoms with Crippen LogP contribution in [0.25, 0.3) is 0 Å². The highest BCUT2D eigenvalue weighted by atomic mass is 16.2. The molecule has 0 aromatic heterocycles. The van der Waals surface area contributed by atoms with Crippen LogP contribution in [0.15, 0.2) is 18.2 Å². The number of anilines is 2. The molecule has 5 N–H and O–H groups in total. The zero-order chi connectivity index (χ0) is 15.8. The summed E-state index contributed by atoms with van der Waals surface area (Å²) >= 11 is 0. The van der Waals surface area contributed by atoms with Crippen molar-refractivity contribution in [1.29, 1.82) is 0 Å². The molecule has 1 rings (SSSR count). The van der Waals surface area contributed by atoms with Crippen LogP contribution in [0.2, 0.25) is 0 Å². The van der Waals surface area contributed by atoms with Crippen molar-refractivity contribution >= 4 is 23.2 Å². The topological polar surface area (TPSA) is 101 Å². The number of hydrogen-bond donors (Lipinski definition) is 3. The molecule has 0 unspecified atom stereocenters. The summed E-state index contributed by atoms with van der Waals surface area (Å²) in [5.41, 5.74) is 13.0. The molecule has 0 saturated heterocycles. The van der Waals surface area contributed by atoms with Gasteiger partial charge in [0.05, 0.1) is 17.9 Å². The molecule has 0 saturated carbocycles. The lowest BCUT2D eigenvalue weighted by molar-refractivity contribution is -0.116. The lowest BCUT2D eigenvalue weighted by atomic mass is 10.1. The second kappa shape index (κ2) is 8.14. The predicted molar refractivity (Wildman–Crippen MR) is 85.2 cm³/mol. The SMILES string of the molecule is CCCCN(CC(N)=O)c1cc(C(=O)NCC)ccc1N. The van der Waals surface area contributed by atoms with Gasteiger partial charge in [-0.15, -0.1) is 0 Å². The lowest BCUT2D eigenvalue weighted by Gasteiger charge is -2.25. The summed E-state index contributed by atoms with van der Waals surface area (Å²) in [5, 5.41) is 2.74. The number of benzene rings is 1. The van der Waals surface area contributed by atoms with Gasteiger partial charge in [-0.05, 0) is 31.5 Å². The number of primary amides is 1. The van der Waals surface area contributed by atoms with Crippen molar-refractivity contribution in [2.24, 2.45) is 5.73 Å². The first kappa shape index (κ1) is 16.8. The van der Waals surface area contributed by atoms with Gasteiger partial charge in [-0.2, -0.15) is 0 Å². The van der Waals surface area contributed by atoms with Gasteiger partial charge in [0, 0.05) is 18.7 Å². The first-order valence-corrected chi connectivity index (χ1v) is 7.20. The number of nitrogens with two attached hydrogens (primary N) is 2. The van der Waals surface area contributed by atoms with E-state index >= 15 is 0 Å². The van der Waals surface area contributed by atoms with Crippen molar-refractivity contribution in [2.45, 2.75) is 26.7 Å². The van der Waals surface area contributed by atoms with E-state index in [1.165, 1.54) is 0 Å². The Morgan fingerprint density at radius 1 is 1.29 bits per heavy atom. The molecule has 21 heavy (non-hydrogen) atoms. The van der Waals surface area contributed by atoms with E-state index in [-0.39, 0.29) is 12.5 Å². The Hall–Kier alpha value is -2.24. The van der Waals surface area contributed by atoms with Crippen molar-refractivity contribution in [2.75, 3.05) is 30.3 Å². The van der Waals surface area contributed by atoms with E-state index in [0.29, 0.717) is 30.0 Å². The summed E-state index contributed by atoms with van der Waals surface area (Å²) in [4.78, 5) is 25.0. The monoisotopic (exact) mass is 292 g/mol. The van der Waals surface area contributed by atoms with Crippen LogP contribution in [0.4, 0.5) is 11.4 Å². The van der Waals surface area contributed by atoms with Gasteiger partial charge in [0.15, 0.2) is 0 Å². The molecule has 0 aliphatic rings. The van der Waals surface area contributed by atoms with Crippen LogP contribution in [-0.4, -0.2) is 31.4 Å². The van der Waals surface area contributed by atoms with Gasteiger partial charge in [0.2, 0.25) is 5.91 Å². The van der Waals surface area contributed by atoms with E-state index < -0.39 is 5.91 Å². The van der Waals surface area contributed by atoms with Crippen molar-refractivity contribution in [1.82, 2.24) is 5.32 Å². The molecule has 6 heteroatoms. The van der Waals surface area contributed by atoms with E-state index in [4.69, 9.17) is 11.5 Å². The van der Waals surface area contributed by atoms with Crippen LogP contribution in [0.3, 0.4) is 0 Å². The summed E-state index contributed by atoms with van der Waals surface area (Å²) in [6, 6.07) is 5.06. The highest BCUT2D eigenvalue weighted by molar-refractivity contribution is 5.96. The Balaban J connectivity index is 3.07. The van der Waals surface area contributed by atoms with E-state index in [1.807, 2.05) is 11.8 Å². The van der Waals surface area contributed by atoms with Crippen molar-refractivity contribution in [3.05, 3.63) is 23.8 Å². The Morgan fingerprint density at radius 3 is 2.57 bits per heavy atom. The molecule has 1 aromatic rings. The van der Waals surface area contributed by atoms with Crippen molar-refractivity contribution < 1.29 is 9.59 Å². The predicted octanol–water partition coefficient (Wildman–Crippen LogP) is 1.11. The van der Waals surface area contributed by atoms with E-state index in [0.717, 1.165) is 12.8 Å². The molecule has 1 aromatic carbocycles. The Labute approximate surface area is 125 Å². The zero-order valence-corrected chi connectivity index (χ0v) is 12.7. The number of amides is 2. The summed E-state index contributed by atoms with van der Waals surface area (Å²) in [6.07, 6.45) is 1.91. The first-order valence-electron chi connectivity index (χ1n) is 7.20. The minimum Gasteiger partial charge on any atom is -0.397 e. The Morgan fingerprint density at radius 2 is 2.00 bits per heavy atom. The molecule has 0 radical (unpaired) electrons. The fourth-order valence-corrected chi connectivity index (χ4v) is 2.04. The third-order valence-electron chi connectivity index (χ3n) is 3.10. The average molecular weight is 292 g/mol. The number of nitrogens with one attached hydrogen (secondary N) is 1. The Kier molecular flexibility index (Phi) is 6.52. The van der Waals surface area contributed by atoms with E-state index in [1.54, 1.807) is 18.2 Å². The first-order chi connectivity index (χ1) is 9.99. The normalized spacial score (nSPS) is 10.2. The number of carbonyl (C=O) groups is 2. The standard InChI is InChI=1S/C15H24N4O2/c1-3-5-8-19(10-14(17)20)13-9-11(6-7-12(13)16)15(21)18-4-2/h6-7,9H,3-5,8,10,16H2,1-2H3,(H2,17,20)(H,18,21). The number of rotatable bonds is 8. The third-order valence-corrected chi connectivity index (χ3v) is 3.10. The number of unbranched alkanes of at least 4 members (excludes halogenated alkanes) is 1. The third kappa shape index (κ3) is 4.98. The quantitative estimate of drug-likeness (QED) is 0.625. The molecular weight excluding hydrogens is 268 g/mol. The molecule has 0 bridgehead atoms. The number of nitrogens with zero attached hydrogens (tertiary/aromatic N) is 1. The minimum absolute atomic E-state index is 0.0864. The maximum atomic E-state index is 11.9. The zero-order valence-electron chi connectivity index (χ0n) is 12.7. The summed E-state index contributed by atoms with van der Waals surface area (Å²) in [6.45, 7) is 5.23. The number of hydrogen-bond acceptors (Lipinski definition) is 4. The van der Waals surface area contributed by atoms with Gasteiger partial charge in [0.1, 0.15) is 0 Å². The van der Waals surface area contributed by atoms with Gasteiger partial charge in [0.25, 0.3) is 5.91 Å². The highest BCUT2D eigenvalue weighted by Gasteiger charge is 2.15. The van der Waals surface area contributed by atoms with Gasteiger partial charge in [-0.1, -0.05) is 13.3 Å². The van der Waals surface area contributed by atoms with Crippen molar-refractivity contribution in [3.8, 4) is 0 Å². The summed E-state index contributed by atoms with van der Waals surface area (Å²) in [7, 11) is 0. The van der Waals surface area contributed by atoms with E-state index in [9.17, 15) is 9.59 Å². The van der Waals surface area contributed by atoms with Crippen LogP contribution in [-0.2, 0) is 4.79 Å². The molecule has 0 aliphatic heterocycles. The maximum absolute atomic E-state index is 11.9. The lowest BCUT2D eigenvalue weighted by Crippen LogP contribution is -2.35. The molecule has 2 amide bonds. The fraction of sp³-hybridized carbons (Fsp3) is 0.467. The van der Waals surface area contributed by atoms with Gasteiger partial charge >= 0.3 is 0 Å².